The van der Waals surface area contributed by atoms with Gasteiger partial charge in [0.2, 0.25) is 0 Å². The molecule has 158 valence electrons. The molecule has 1 amide bonds. The van der Waals surface area contributed by atoms with Gasteiger partial charge in [0.1, 0.15) is 35.3 Å². The van der Waals surface area contributed by atoms with Gasteiger partial charge in [0.05, 0.1) is 19.3 Å². The molecule has 2 fully saturated rings. The molecule has 1 unspecified atom stereocenters. The van der Waals surface area contributed by atoms with Crippen LogP contribution in [0, 0.1) is 0 Å². The first-order valence-corrected chi connectivity index (χ1v) is 10.4. The molecule has 0 radical (unpaired) electrons. The van der Waals surface area contributed by atoms with Crippen LogP contribution in [0.3, 0.4) is 0 Å². The van der Waals surface area contributed by atoms with Crippen molar-refractivity contribution >= 4 is 29.3 Å². The number of carbonyl (C=O) groups is 1. The molecule has 0 aliphatic carbocycles. The van der Waals surface area contributed by atoms with E-state index >= 15 is 0 Å². The summed E-state index contributed by atoms with van der Waals surface area (Å²) in [6, 6.07) is 11.0. The van der Waals surface area contributed by atoms with Crippen LogP contribution < -0.4 is 14.8 Å². The predicted molar refractivity (Wildman–Crippen MR) is 115 cm³/mol. The van der Waals surface area contributed by atoms with Crippen molar-refractivity contribution in [3.05, 3.63) is 53.6 Å². The second-order valence-corrected chi connectivity index (χ2v) is 7.42. The molecule has 7 nitrogen and oxygen atoms in total. The normalized spacial score (nSPS) is 20.1. The van der Waals surface area contributed by atoms with Crippen molar-refractivity contribution in [1.29, 1.82) is 0 Å². The molecule has 30 heavy (non-hydrogen) atoms. The first-order valence-electron chi connectivity index (χ1n) is 10.0. The summed E-state index contributed by atoms with van der Waals surface area (Å²) >= 11 is 5.31. The van der Waals surface area contributed by atoms with E-state index in [-0.39, 0.29) is 18.6 Å². The molecule has 1 aromatic heterocycles. The number of hydrogen-bond donors (Lipinski definition) is 1. The third-order valence-corrected chi connectivity index (χ3v) is 5.18. The number of carbonyl (C=O) groups excluding carboxylic acids is 1. The maximum Gasteiger partial charge on any atom is 0.276 e. The Labute approximate surface area is 180 Å². The van der Waals surface area contributed by atoms with Gasteiger partial charge in [-0.3, -0.25) is 9.69 Å². The Morgan fingerprint density at radius 3 is 2.67 bits per heavy atom. The van der Waals surface area contributed by atoms with Crippen LogP contribution >= 0.6 is 12.2 Å². The zero-order valence-electron chi connectivity index (χ0n) is 16.8. The second kappa shape index (κ2) is 9.32. The molecular formula is C22H24N2O5S. The van der Waals surface area contributed by atoms with Gasteiger partial charge in [-0.2, -0.15) is 0 Å². The highest BCUT2D eigenvalue weighted by Gasteiger charge is 2.33. The van der Waals surface area contributed by atoms with Crippen LogP contribution in [0.1, 0.15) is 31.3 Å². The van der Waals surface area contributed by atoms with Gasteiger partial charge in [-0.15, -0.1) is 0 Å². The smallest absolute Gasteiger partial charge is 0.276 e. The Bertz CT molecular complexity index is 931. The predicted octanol–water partition coefficient (Wildman–Crippen LogP) is 3.49. The van der Waals surface area contributed by atoms with Crippen LogP contribution in [0.2, 0.25) is 0 Å². The minimum absolute atomic E-state index is 0.0445. The van der Waals surface area contributed by atoms with Gasteiger partial charge in [0.25, 0.3) is 5.91 Å². The lowest BCUT2D eigenvalue weighted by Gasteiger charge is -2.18. The Morgan fingerprint density at radius 1 is 1.20 bits per heavy atom. The topological polar surface area (TPSA) is 73.2 Å². The number of hydrogen-bond acceptors (Lipinski definition) is 6. The summed E-state index contributed by atoms with van der Waals surface area (Å²) in [7, 11) is 0. The van der Waals surface area contributed by atoms with Crippen molar-refractivity contribution in [3.8, 4) is 11.5 Å². The highest BCUT2D eigenvalue weighted by molar-refractivity contribution is 7.80. The van der Waals surface area contributed by atoms with Crippen LogP contribution in [-0.2, 0) is 16.1 Å². The van der Waals surface area contributed by atoms with E-state index in [9.17, 15) is 4.79 Å². The molecule has 0 bridgehead atoms. The molecule has 8 heteroatoms. The number of ether oxygens (including phenoxy) is 3. The third kappa shape index (κ3) is 4.83. The van der Waals surface area contributed by atoms with E-state index in [1.54, 1.807) is 17.0 Å². The van der Waals surface area contributed by atoms with Crippen LogP contribution in [0.4, 0.5) is 0 Å². The zero-order valence-corrected chi connectivity index (χ0v) is 17.6. The van der Waals surface area contributed by atoms with Gasteiger partial charge in [-0.05, 0) is 68.4 Å². The summed E-state index contributed by atoms with van der Waals surface area (Å²) in [6.07, 6.45) is 3.66. The Hall–Kier alpha value is -2.84. The highest BCUT2D eigenvalue weighted by atomic mass is 32.1. The van der Waals surface area contributed by atoms with Crippen molar-refractivity contribution in [3.63, 3.8) is 0 Å². The monoisotopic (exact) mass is 428 g/mol. The van der Waals surface area contributed by atoms with E-state index in [1.807, 2.05) is 37.3 Å². The quantitative estimate of drug-likeness (QED) is 0.510. The van der Waals surface area contributed by atoms with Gasteiger partial charge in [0.15, 0.2) is 5.11 Å². The highest BCUT2D eigenvalue weighted by Crippen LogP contribution is 2.22. The lowest BCUT2D eigenvalue weighted by molar-refractivity contribution is -0.123. The zero-order chi connectivity index (χ0) is 20.9. The van der Waals surface area contributed by atoms with Gasteiger partial charge < -0.3 is 23.9 Å². The van der Waals surface area contributed by atoms with Crippen LogP contribution in [-0.4, -0.2) is 41.8 Å². The molecule has 1 atom stereocenters. The number of nitrogens with one attached hydrogen (secondary N) is 1. The summed E-state index contributed by atoms with van der Waals surface area (Å²) in [4.78, 5) is 14.2. The first-order chi connectivity index (χ1) is 14.6. The molecule has 1 aromatic carbocycles. The Kier molecular flexibility index (Phi) is 6.35. The van der Waals surface area contributed by atoms with Crippen molar-refractivity contribution < 1.29 is 23.4 Å². The van der Waals surface area contributed by atoms with E-state index in [0.29, 0.717) is 35.5 Å². The molecule has 2 aromatic rings. The molecule has 2 aliphatic rings. The minimum Gasteiger partial charge on any atom is -0.494 e. The molecule has 2 saturated heterocycles. The van der Waals surface area contributed by atoms with Crippen molar-refractivity contribution in [2.45, 2.75) is 32.5 Å². The molecule has 1 N–H and O–H groups in total. The van der Waals surface area contributed by atoms with Gasteiger partial charge in [0, 0.05) is 12.7 Å². The lowest BCUT2D eigenvalue weighted by atomic mass is 10.2. The fraction of sp³-hybridized carbons (Fsp3) is 0.364. The van der Waals surface area contributed by atoms with Crippen LogP contribution in [0.15, 0.2) is 46.5 Å². The average molecular weight is 429 g/mol. The molecule has 0 saturated carbocycles. The van der Waals surface area contributed by atoms with Gasteiger partial charge in [-0.1, -0.05) is 0 Å². The number of rotatable bonds is 8. The Morgan fingerprint density at radius 2 is 1.97 bits per heavy atom. The number of benzene rings is 1. The fourth-order valence-electron chi connectivity index (χ4n) is 3.37. The second-order valence-electron chi connectivity index (χ2n) is 7.04. The largest absolute Gasteiger partial charge is 0.494 e. The van der Waals surface area contributed by atoms with E-state index in [4.69, 9.17) is 30.8 Å². The first kappa shape index (κ1) is 20.4. The molecule has 4 rings (SSSR count). The molecule has 0 spiro atoms. The van der Waals surface area contributed by atoms with Gasteiger partial charge in [-0.25, -0.2) is 0 Å². The number of furan rings is 1. The molecular weight excluding hydrogens is 404 g/mol. The molecule has 2 aliphatic heterocycles. The van der Waals surface area contributed by atoms with Crippen LogP contribution in [0.25, 0.3) is 6.08 Å². The standard InChI is InChI=1S/C22H24N2O5S/c1-2-26-15-5-7-16(8-6-15)28-14-19-10-9-17(29-19)12-20-21(25)24(22(30)23-20)13-18-4-3-11-27-18/h5-10,12,18H,2-4,11,13-14H2,1H3,(H,23,30)/b20-12+. The summed E-state index contributed by atoms with van der Waals surface area (Å²) in [6.45, 7) is 4.06. The SMILES string of the molecule is CCOc1ccc(OCc2ccc(/C=C3/NC(=S)N(CC4CCCO4)C3=O)o2)cc1. The van der Waals surface area contributed by atoms with E-state index < -0.39 is 0 Å². The number of nitrogens with zero attached hydrogens (tertiary/aromatic N) is 1. The van der Waals surface area contributed by atoms with Crippen molar-refractivity contribution in [2.24, 2.45) is 0 Å². The minimum atomic E-state index is -0.168. The van der Waals surface area contributed by atoms with Gasteiger partial charge >= 0.3 is 0 Å². The summed E-state index contributed by atoms with van der Waals surface area (Å²) < 4.78 is 22.5. The maximum absolute atomic E-state index is 12.7. The summed E-state index contributed by atoms with van der Waals surface area (Å²) in [5.41, 5.74) is 0.395. The third-order valence-electron chi connectivity index (χ3n) is 4.86. The van der Waals surface area contributed by atoms with Crippen molar-refractivity contribution in [1.82, 2.24) is 10.2 Å². The van der Waals surface area contributed by atoms with E-state index in [1.165, 1.54) is 0 Å². The maximum atomic E-state index is 12.7. The fourth-order valence-corrected chi connectivity index (χ4v) is 3.64. The lowest BCUT2D eigenvalue weighted by Crippen LogP contribution is -2.37. The number of thiocarbonyl (C=S) groups is 1. The average Bonchev–Trinajstić information content (AvgIpc) is 3.47. The summed E-state index contributed by atoms with van der Waals surface area (Å²) in [5, 5.41) is 3.36. The van der Waals surface area contributed by atoms with Crippen LogP contribution in [0.5, 0.6) is 11.5 Å². The number of amides is 1. The molecule has 3 heterocycles. The van der Waals surface area contributed by atoms with E-state index in [0.717, 1.165) is 30.9 Å². The Balaban J connectivity index is 1.34. The summed E-state index contributed by atoms with van der Waals surface area (Å²) in [5.74, 6) is 2.56. The van der Waals surface area contributed by atoms with E-state index in [2.05, 4.69) is 5.32 Å². The van der Waals surface area contributed by atoms with Crippen molar-refractivity contribution in [2.75, 3.05) is 19.8 Å².